The van der Waals surface area contributed by atoms with Crippen LogP contribution in [-0.4, -0.2) is 11.0 Å². The van der Waals surface area contributed by atoms with E-state index in [0.717, 1.165) is 17.7 Å². The summed E-state index contributed by atoms with van der Waals surface area (Å²) in [6.07, 6.45) is 4.53. The van der Waals surface area contributed by atoms with Crippen molar-refractivity contribution in [3.63, 3.8) is 0 Å². The van der Waals surface area contributed by atoms with Crippen LogP contribution in [0.5, 0.6) is 11.6 Å². The van der Waals surface area contributed by atoms with Crippen molar-refractivity contribution in [2.24, 2.45) is 0 Å². The highest BCUT2D eigenvalue weighted by Gasteiger charge is 2.21. The maximum atomic E-state index is 13.4. The molecule has 0 saturated heterocycles. The van der Waals surface area contributed by atoms with Crippen molar-refractivity contribution in [1.29, 1.82) is 0 Å². The summed E-state index contributed by atoms with van der Waals surface area (Å²) < 4.78 is 19.2. The van der Waals surface area contributed by atoms with E-state index in [0.29, 0.717) is 18.5 Å². The molecule has 4 heteroatoms. The lowest BCUT2D eigenvalue weighted by Crippen LogP contribution is -2.16. The minimum Gasteiger partial charge on any atom is -0.439 e. The van der Waals surface area contributed by atoms with Gasteiger partial charge in [0.05, 0.1) is 6.20 Å². The summed E-state index contributed by atoms with van der Waals surface area (Å²) in [5.41, 5.74) is 1.95. The third-order valence-electron chi connectivity index (χ3n) is 3.57. The number of benzene rings is 1. The van der Waals surface area contributed by atoms with E-state index in [1.165, 1.54) is 30.7 Å². The van der Waals surface area contributed by atoms with Crippen LogP contribution in [0.15, 0.2) is 36.5 Å². The van der Waals surface area contributed by atoms with Crippen molar-refractivity contribution in [3.8, 4) is 11.6 Å². The third kappa shape index (κ3) is 3.79. The molecule has 0 bridgehead atoms. The molecule has 0 radical (unpaired) electrons. The molecule has 0 aliphatic heterocycles. The second kappa shape index (κ2) is 6.22. The molecule has 3 rings (SSSR count). The molecular weight excluding hydrogens is 267 g/mol. The fraction of sp³-hybridized carbons (Fsp3) is 0.353. The summed E-state index contributed by atoms with van der Waals surface area (Å²) in [4.78, 5) is 4.09. The number of nitrogens with zero attached hydrogens (tertiary/aromatic N) is 1. The fourth-order valence-electron chi connectivity index (χ4n) is 2.17. The van der Waals surface area contributed by atoms with Crippen molar-refractivity contribution >= 4 is 0 Å². The van der Waals surface area contributed by atoms with Crippen LogP contribution >= 0.6 is 0 Å². The summed E-state index contributed by atoms with van der Waals surface area (Å²) in [7, 11) is 0. The number of hydrogen-bond acceptors (Lipinski definition) is 3. The molecule has 110 valence electrons. The van der Waals surface area contributed by atoms with Gasteiger partial charge in [-0.05, 0) is 43.0 Å². The summed E-state index contributed by atoms with van der Waals surface area (Å²) in [6.45, 7) is 2.68. The normalized spacial score (nSPS) is 14.2. The zero-order valence-electron chi connectivity index (χ0n) is 12.1. The Hall–Kier alpha value is -1.94. The average molecular weight is 286 g/mol. The van der Waals surface area contributed by atoms with Gasteiger partial charge in [-0.25, -0.2) is 9.37 Å². The van der Waals surface area contributed by atoms with Crippen LogP contribution in [0, 0.1) is 5.82 Å². The molecule has 1 fully saturated rings. The first-order valence-electron chi connectivity index (χ1n) is 7.39. The predicted octanol–water partition coefficient (Wildman–Crippen LogP) is 3.83. The first kappa shape index (κ1) is 14.0. The molecule has 1 saturated carbocycles. The molecule has 1 aliphatic carbocycles. The molecule has 0 amide bonds. The first-order valence-corrected chi connectivity index (χ1v) is 7.39. The van der Waals surface area contributed by atoms with Gasteiger partial charge >= 0.3 is 0 Å². The number of hydrogen-bond donors (Lipinski definition) is 1. The van der Waals surface area contributed by atoms with Crippen molar-refractivity contribution in [2.45, 2.75) is 38.8 Å². The van der Waals surface area contributed by atoms with E-state index in [4.69, 9.17) is 4.74 Å². The van der Waals surface area contributed by atoms with Gasteiger partial charge in [-0.1, -0.05) is 19.1 Å². The molecule has 1 N–H and O–H groups in total. The molecule has 1 aliphatic rings. The summed E-state index contributed by atoms with van der Waals surface area (Å²) in [6, 6.07) is 9.94. The smallest absolute Gasteiger partial charge is 0.223 e. The zero-order chi connectivity index (χ0) is 14.7. The molecule has 1 aromatic carbocycles. The lowest BCUT2D eigenvalue weighted by Gasteiger charge is -2.11. The van der Waals surface area contributed by atoms with E-state index >= 15 is 0 Å². The largest absolute Gasteiger partial charge is 0.439 e. The maximum absolute atomic E-state index is 13.4. The van der Waals surface area contributed by atoms with Gasteiger partial charge in [-0.3, -0.25) is 0 Å². The second-order valence-electron chi connectivity index (χ2n) is 5.38. The Bertz CT molecular complexity index is 626. The van der Waals surface area contributed by atoms with Crippen LogP contribution in [0.1, 0.15) is 30.9 Å². The summed E-state index contributed by atoms with van der Waals surface area (Å²) >= 11 is 0. The van der Waals surface area contributed by atoms with Crippen molar-refractivity contribution in [2.75, 3.05) is 0 Å². The topological polar surface area (TPSA) is 34.1 Å². The highest BCUT2D eigenvalue weighted by Crippen LogP contribution is 2.26. The Morgan fingerprint density at radius 1 is 1.33 bits per heavy atom. The molecule has 0 unspecified atom stereocenters. The van der Waals surface area contributed by atoms with E-state index < -0.39 is 0 Å². The van der Waals surface area contributed by atoms with Gasteiger partial charge in [0.1, 0.15) is 11.6 Å². The minimum absolute atomic E-state index is 0.336. The number of ether oxygens (including phenoxy) is 1. The van der Waals surface area contributed by atoms with Crippen LogP contribution in [0.4, 0.5) is 4.39 Å². The van der Waals surface area contributed by atoms with Gasteiger partial charge < -0.3 is 10.1 Å². The van der Waals surface area contributed by atoms with E-state index in [9.17, 15) is 4.39 Å². The van der Waals surface area contributed by atoms with Gasteiger partial charge in [0.15, 0.2) is 0 Å². The highest BCUT2D eigenvalue weighted by molar-refractivity contribution is 5.35. The first-order chi connectivity index (χ1) is 10.2. The molecule has 0 atom stereocenters. The lowest BCUT2D eigenvalue weighted by atomic mass is 10.2. The van der Waals surface area contributed by atoms with Crippen LogP contribution < -0.4 is 10.1 Å². The molecule has 1 heterocycles. The van der Waals surface area contributed by atoms with Gasteiger partial charge in [0, 0.05) is 18.2 Å². The lowest BCUT2D eigenvalue weighted by molar-refractivity contribution is 0.447. The standard InChI is InChI=1S/C17H19FN2O/c1-2-12-4-3-5-16(8-12)21-17-13(9-14(18)11-20-17)10-19-15-6-7-15/h3-5,8-9,11,15,19H,2,6-7,10H2,1H3. The van der Waals surface area contributed by atoms with Gasteiger partial charge in [-0.15, -0.1) is 0 Å². The number of rotatable bonds is 6. The van der Waals surface area contributed by atoms with E-state index in [2.05, 4.69) is 23.3 Å². The Kier molecular flexibility index (Phi) is 4.15. The van der Waals surface area contributed by atoms with Crippen LogP contribution in [0.3, 0.4) is 0 Å². The van der Waals surface area contributed by atoms with Gasteiger partial charge in [0.2, 0.25) is 5.88 Å². The molecular formula is C17H19FN2O. The quantitative estimate of drug-likeness (QED) is 0.876. The second-order valence-corrected chi connectivity index (χ2v) is 5.38. The summed E-state index contributed by atoms with van der Waals surface area (Å²) in [5, 5.41) is 3.36. The third-order valence-corrected chi connectivity index (χ3v) is 3.57. The Labute approximate surface area is 124 Å². The number of halogens is 1. The number of aromatic nitrogens is 1. The Morgan fingerprint density at radius 3 is 2.95 bits per heavy atom. The average Bonchev–Trinajstić information content (AvgIpc) is 3.32. The van der Waals surface area contributed by atoms with Crippen LogP contribution in [-0.2, 0) is 13.0 Å². The van der Waals surface area contributed by atoms with E-state index in [1.807, 2.05) is 18.2 Å². The zero-order valence-corrected chi connectivity index (χ0v) is 12.1. The predicted molar refractivity (Wildman–Crippen MR) is 80.0 cm³/mol. The number of pyridine rings is 1. The molecule has 1 aromatic heterocycles. The van der Waals surface area contributed by atoms with Crippen molar-refractivity contribution < 1.29 is 9.13 Å². The van der Waals surface area contributed by atoms with E-state index in [1.54, 1.807) is 0 Å². The number of nitrogens with one attached hydrogen (secondary N) is 1. The Morgan fingerprint density at radius 2 is 2.19 bits per heavy atom. The Balaban J connectivity index is 1.79. The van der Waals surface area contributed by atoms with Gasteiger partial charge in [0.25, 0.3) is 0 Å². The highest BCUT2D eigenvalue weighted by atomic mass is 19.1. The maximum Gasteiger partial charge on any atom is 0.223 e. The SMILES string of the molecule is CCc1cccc(Oc2ncc(F)cc2CNC2CC2)c1. The minimum atomic E-state index is -0.336. The monoisotopic (exact) mass is 286 g/mol. The van der Waals surface area contributed by atoms with Crippen molar-refractivity contribution in [1.82, 2.24) is 10.3 Å². The van der Waals surface area contributed by atoms with Gasteiger partial charge in [-0.2, -0.15) is 0 Å². The van der Waals surface area contributed by atoms with Crippen LogP contribution in [0.2, 0.25) is 0 Å². The molecule has 3 nitrogen and oxygen atoms in total. The molecule has 0 spiro atoms. The molecule has 21 heavy (non-hydrogen) atoms. The van der Waals surface area contributed by atoms with Crippen LogP contribution in [0.25, 0.3) is 0 Å². The number of aryl methyl sites for hydroxylation is 1. The van der Waals surface area contributed by atoms with E-state index in [-0.39, 0.29) is 5.82 Å². The molecule has 2 aromatic rings. The summed E-state index contributed by atoms with van der Waals surface area (Å²) in [5.74, 6) is 0.871. The van der Waals surface area contributed by atoms with Crippen molar-refractivity contribution in [3.05, 3.63) is 53.5 Å². The fourth-order valence-corrected chi connectivity index (χ4v) is 2.17.